The molecular weight excluding hydrogens is 124 g/mol. The second kappa shape index (κ2) is 2.06. The SMILES string of the molecule is CCC(=O)C1CC1Cl. The summed E-state index contributed by atoms with van der Waals surface area (Å²) in [6.45, 7) is 1.88. The van der Waals surface area contributed by atoms with Crippen molar-refractivity contribution in [2.75, 3.05) is 0 Å². The van der Waals surface area contributed by atoms with Gasteiger partial charge < -0.3 is 0 Å². The first-order valence-electron chi connectivity index (χ1n) is 2.92. The van der Waals surface area contributed by atoms with Crippen LogP contribution in [0.2, 0.25) is 0 Å². The van der Waals surface area contributed by atoms with E-state index in [-0.39, 0.29) is 11.3 Å². The van der Waals surface area contributed by atoms with Gasteiger partial charge in [0, 0.05) is 17.7 Å². The van der Waals surface area contributed by atoms with Gasteiger partial charge in [-0.2, -0.15) is 0 Å². The van der Waals surface area contributed by atoms with Crippen molar-refractivity contribution in [3.63, 3.8) is 0 Å². The van der Waals surface area contributed by atoms with E-state index in [9.17, 15) is 4.79 Å². The Morgan fingerprint density at radius 1 is 1.88 bits per heavy atom. The lowest BCUT2D eigenvalue weighted by atomic mass is 10.2. The Labute approximate surface area is 54.0 Å². The molecule has 1 rings (SSSR count). The van der Waals surface area contributed by atoms with Crippen LogP contribution in [0, 0.1) is 5.92 Å². The molecule has 0 aliphatic heterocycles. The van der Waals surface area contributed by atoms with Crippen LogP contribution in [-0.2, 0) is 4.79 Å². The topological polar surface area (TPSA) is 17.1 Å². The Bertz CT molecular complexity index is 111. The number of halogens is 1. The normalized spacial score (nSPS) is 34.8. The van der Waals surface area contributed by atoms with Gasteiger partial charge in [-0.3, -0.25) is 4.79 Å². The van der Waals surface area contributed by atoms with E-state index in [1.165, 1.54) is 0 Å². The summed E-state index contributed by atoms with van der Waals surface area (Å²) in [7, 11) is 0. The summed E-state index contributed by atoms with van der Waals surface area (Å²) in [4.78, 5) is 10.7. The van der Waals surface area contributed by atoms with Gasteiger partial charge in [0.25, 0.3) is 0 Å². The Morgan fingerprint density at radius 2 is 2.38 bits per heavy atom. The number of carbonyl (C=O) groups excluding carboxylic acids is 1. The van der Waals surface area contributed by atoms with Crippen LogP contribution in [-0.4, -0.2) is 11.2 Å². The maximum absolute atomic E-state index is 10.7. The molecule has 8 heavy (non-hydrogen) atoms. The first-order chi connectivity index (χ1) is 3.75. The van der Waals surface area contributed by atoms with E-state index in [0.29, 0.717) is 12.2 Å². The fourth-order valence-electron chi connectivity index (χ4n) is 0.759. The first-order valence-corrected chi connectivity index (χ1v) is 3.36. The summed E-state index contributed by atoms with van der Waals surface area (Å²) in [6, 6.07) is 0. The van der Waals surface area contributed by atoms with Gasteiger partial charge >= 0.3 is 0 Å². The van der Waals surface area contributed by atoms with Crippen molar-refractivity contribution >= 4 is 17.4 Å². The van der Waals surface area contributed by atoms with E-state index in [4.69, 9.17) is 11.6 Å². The third-order valence-electron chi connectivity index (χ3n) is 1.47. The molecule has 46 valence electrons. The number of hydrogen-bond donors (Lipinski definition) is 0. The van der Waals surface area contributed by atoms with Crippen molar-refractivity contribution in [1.82, 2.24) is 0 Å². The summed E-state index contributed by atoms with van der Waals surface area (Å²) < 4.78 is 0. The lowest BCUT2D eigenvalue weighted by Gasteiger charge is -1.86. The molecule has 2 atom stereocenters. The first kappa shape index (κ1) is 6.09. The fraction of sp³-hybridized carbons (Fsp3) is 0.833. The molecule has 2 unspecified atom stereocenters. The van der Waals surface area contributed by atoms with E-state index in [1.807, 2.05) is 6.92 Å². The third kappa shape index (κ3) is 1.03. The van der Waals surface area contributed by atoms with E-state index >= 15 is 0 Å². The molecule has 0 bridgehead atoms. The fourth-order valence-corrected chi connectivity index (χ4v) is 1.09. The lowest BCUT2D eigenvalue weighted by Crippen LogP contribution is -1.98. The van der Waals surface area contributed by atoms with E-state index in [0.717, 1.165) is 6.42 Å². The monoisotopic (exact) mass is 132 g/mol. The predicted octanol–water partition coefficient (Wildman–Crippen LogP) is 1.59. The summed E-state index contributed by atoms with van der Waals surface area (Å²) in [5, 5.41) is 0.169. The molecule has 1 fully saturated rings. The molecule has 0 saturated heterocycles. The van der Waals surface area contributed by atoms with Crippen LogP contribution in [0.5, 0.6) is 0 Å². The van der Waals surface area contributed by atoms with E-state index in [1.54, 1.807) is 0 Å². The highest BCUT2D eigenvalue weighted by atomic mass is 35.5. The second-order valence-corrected chi connectivity index (χ2v) is 2.74. The zero-order valence-electron chi connectivity index (χ0n) is 4.86. The van der Waals surface area contributed by atoms with Crippen molar-refractivity contribution < 1.29 is 4.79 Å². The molecule has 0 aromatic heterocycles. The highest BCUT2D eigenvalue weighted by molar-refractivity contribution is 6.24. The van der Waals surface area contributed by atoms with Gasteiger partial charge in [0.15, 0.2) is 0 Å². The van der Waals surface area contributed by atoms with E-state index in [2.05, 4.69) is 0 Å². The maximum atomic E-state index is 10.7. The molecule has 0 spiro atoms. The number of alkyl halides is 1. The molecule has 0 amide bonds. The molecule has 0 aromatic carbocycles. The second-order valence-electron chi connectivity index (χ2n) is 2.18. The number of rotatable bonds is 2. The van der Waals surface area contributed by atoms with Gasteiger partial charge in [-0.1, -0.05) is 6.92 Å². The zero-order chi connectivity index (χ0) is 6.15. The molecule has 0 aromatic rings. The Hall–Kier alpha value is -0.0400. The molecule has 1 aliphatic carbocycles. The number of Topliss-reactive ketones (excluding diaryl/α,β-unsaturated/α-hetero) is 1. The molecular formula is C6H9ClO. The van der Waals surface area contributed by atoms with Gasteiger partial charge in [-0.15, -0.1) is 11.6 Å². The van der Waals surface area contributed by atoms with Crippen LogP contribution in [0.3, 0.4) is 0 Å². The predicted molar refractivity (Wildman–Crippen MR) is 33.0 cm³/mol. The Morgan fingerprint density at radius 3 is 2.50 bits per heavy atom. The van der Waals surface area contributed by atoms with Crippen LogP contribution in [0.4, 0.5) is 0 Å². The minimum absolute atomic E-state index is 0.169. The maximum Gasteiger partial charge on any atom is 0.137 e. The summed E-state index contributed by atoms with van der Waals surface area (Å²) in [5.74, 6) is 0.534. The van der Waals surface area contributed by atoms with Gasteiger partial charge in [-0.25, -0.2) is 0 Å². The third-order valence-corrected chi connectivity index (χ3v) is 1.96. The standard InChI is InChI=1S/C6H9ClO/c1-2-6(8)4-3-5(4)7/h4-5H,2-3H2,1H3. The quantitative estimate of drug-likeness (QED) is 0.522. The van der Waals surface area contributed by atoms with Crippen LogP contribution < -0.4 is 0 Å². The average Bonchev–Trinajstić information content (AvgIpc) is 2.45. The smallest absolute Gasteiger partial charge is 0.137 e. The largest absolute Gasteiger partial charge is 0.299 e. The molecule has 0 heterocycles. The van der Waals surface area contributed by atoms with Gasteiger partial charge in [0.05, 0.1) is 0 Å². The van der Waals surface area contributed by atoms with Crippen LogP contribution in [0.1, 0.15) is 19.8 Å². The molecule has 2 heteroatoms. The molecule has 0 N–H and O–H groups in total. The van der Waals surface area contributed by atoms with Crippen LogP contribution in [0.25, 0.3) is 0 Å². The average molecular weight is 133 g/mol. The molecule has 1 nitrogen and oxygen atoms in total. The van der Waals surface area contributed by atoms with Crippen molar-refractivity contribution in [3.8, 4) is 0 Å². The number of carbonyl (C=O) groups is 1. The molecule has 1 saturated carbocycles. The van der Waals surface area contributed by atoms with Crippen molar-refractivity contribution in [1.29, 1.82) is 0 Å². The van der Waals surface area contributed by atoms with Crippen LogP contribution in [0.15, 0.2) is 0 Å². The number of hydrogen-bond acceptors (Lipinski definition) is 1. The van der Waals surface area contributed by atoms with Gasteiger partial charge in [-0.05, 0) is 6.42 Å². The summed E-state index contributed by atoms with van der Waals surface area (Å²) >= 11 is 5.60. The molecule has 1 aliphatic rings. The van der Waals surface area contributed by atoms with E-state index < -0.39 is 0 Å². The lowest BCUT2D eigenvalue weighted by molar-refractivity contribution is -0.119. The van der Waals surface area contributed by atoms with Crippen LogP contribution >= 0.6 is 11.6 Å². The van der Waals surface area contributed by atoms with Crippen molar-refractivity contribution in [2.45, 2.75) is 25.1 Å². The van der Waals surface area contributed by atoms with Gasteiger partial charge in [0.1, 0.15) is 5.78 Å². The van der Waals surface area contributed by atoms with Crippen molar-refractivity contribution in [3.05, 3.63) is 0 Å². The minimum Gasteiger partial charge on any atom is -0.299 e. The zero-order valence-corrected chi connectivity index (χ0v) is 5.61. The Balaban J connectivity index is 2.28. The Kier molecular flexibility index (Phi) is 1.57. The minimum atomic E-state index is 0.169. The highest BCUT2D eigenvalue weighted by Crippen LogP contribution is 2.37. The summed E-state index contributed by atoms with van der Waals surface area (Å²) in [6.07, 6.45) is 1.56. The highest BCUT2D eigenvalue weighted by Gasteiger charge is 2.39. The van der Waals surface area contributed by atoms with Crippen molar-refractivity contribution in [2.24, 2.45) is 5.92 Å². The van der Waals surface area contributed by atoms with Gasteiger partial charge in [0.2, 0.25) is 0 Å². The summed E-state index contributed by atoms with van der Waals surface area (Å²) in [5.41, 5.74) is 0. The molecule has 0 radical (unpaired) electrons. The number of ketones is 1.